The third-order valence-corrected chi connectivity index (χ3v) is 7.55. The van der Waals surface area contributed by atoms with E-state index in [0.29, 0.717) is 0 Å². The Balaban J connectivity index is 1.81. The molecule has 4 heteroatoms. The van der Waals surface area contributed by atoms with Gasteiger partial charge in [-0.25, -0.2) is 0 Å². The Hall–Kier alpha value is -1.18. The molecule has 0 spiro atoms. The Bertz CT molecular complexity index is 501. The summed E-state index contributed by atoms with van der Waals surface area (Å²) >= 11 is -0.266. The zero-order chi connectivity index (χ0) is 13.5. The Labute approximate surface area is 124 Å². The van der Waals surface area contributed by atoms with Crippen LogP contribution in [0.1, 0.15) is 20.7 Å². The van der Waals surface area contributed by atoms with Crippen molar-refractivity contribution in [1.29, 1.82) is 0 Å². The van der Waals surface area contributed by atoms with E-state index < -0.39 is 0 Å². The SMILES string of the molecule is O=C([Se]C[Se]C(=O)c1ccccc1)c1ccccc1. The van der Waals surface area contributed by atoms with Crippen LogP contribution in [0.5, 0.6) is 0 Å². The van der Waals surface area contributed by atoms with E-state index in [2.05, 4.69) is 0 Å². The first kappa shape index (κ1) is 14.2. The first-order valence-corrected chi connectivity index (χ1v) is 9.85. The predicted octanol–water partition coefficient (Wildman–Crippen LogP) is 2.45. The van der Waals surface area contributed by atoms with Crippen LogP contribution in [0.4, 0.5) is 0 Å². The molecule has 0 heterocycles. The molecule has 0 bridgehead atoms. The molecule has 0 unspecified atom stereocenters. The fraction of sp³-hybridized carbons (Fsp3) is 0.0667. The topological polar surface area (TPSA) is 34.1 Å². The van der Waals surface area contributed by atoms with E-state index in [-0.39, 0.29) is 39.3 Å². The molecule has 0 saturated heterocycles. The van der Waals surface area contributed by atoms with Crippen molar-refractivity contribution < 1.29 is 9.59 Å². The molecule has 0 aliphatic rings. The average Bonchev–Trinajstić information content (AvgIpc) is 2.49. The van der Waals surface area contributed by atoms with Gasteiger partial charge >= 0.3 is 125 Å². The number of carbonyl (C=O) groups excluding carboxylic acids is 2. The summed E-state index contributed by atoms with van der Waals surface area (Å²) in [6.45, 7) is 0. The van der Waals surface area contributed by atoms with Gasteiger partial charge in [0.05, 0.1) is 0 Å². The predicted molar refractivity (Wildman–Crippen MR) is 77.9 cm³/mol. The fourth-order valence-electron chi connectivity index (χ4n) is 1.45. The minimum absolute atomic E-state index is 0.133. The second-order valence-electron chi connectivity index (χ2n) is 3.71. The molecule has 0 saturated carbocycles. The molecule has 0 atom stereocenters. The van der Waals surface area contributed by atoms with Gasteiger partial charge in [-0.2, -0.15) is 0 Å². The summed E-state index contributed by atoms with van der Waals surface area (Å²) in [5.41, 5.74) is 1.51. The van der Waals surface area contributed by atoms with Crippen LogP contribution in [0.3, 0.4) is 0 Å². The average molecular weight is 382 g/mol. The van der Waals surface area contributed by atoms with Crippen molar-refractivity contribution >= 4 is 39.3 Å². The quantitative estimate of drug-likeness (QED) is 0.720. The summed E-state index contributed by atoms with van der Waals surface area (Å²) in [4.78, 5) is 23.8. The summed E-state index contributed by atoms with van der Waals surface area (Å²) in [5, 5.41) is 0. The zero-order valence-electron chi connectivity index (χ0n) is 10.1. The van der Waals surface area contributed by atoms with Gasteiger partial charge < -0.3 is 0 Å². The molecule has 0 aliphatic carbocycles. The van der Waals surface area contributed by atoms with Crippen molar-refractivity contribution in [3.63, 3.8) is 0 Å². The standard InChI is InChI=1S/C15H12O2Se2/c16-14(12-7-3-1-4-8-12)18-11-19-15(17)13-9-5-2-6-10-13/h1-10H,11H2. The summed E-state index contributed by atoms with van der Waals surface area (Å²) in [6.07, 6.45) is 0. The van der Waals surface area contributed by atoms with Crippen LogP contribution in [0, 0.1) is 0 Å². The van der Waals surface area contributed by atoms with Crippen molar-refractivity contribution in [3.05, 3.63) is 71.8 Å². The maximum absolute atomic E-state index is 11.9. The van der Waals surface area contributed by atoms with Gasteiger partial charge in [0, 0.05) is 0 Å². The Morgan fingerprint density at radius 1 is 0.684 bits per heavy atom. The van der Waals surface area contributed by atoms with Crippen molar-refractivity contribution in [2.45, 2.75) is 4.22 Å². The minimum atomic E-state index is -0.133. The Kier molecular flexibility index (Phi) is 5.56. The fourth-order valence-corrected chi connectivity index (χ4v) is 6.27. The van der Waals surface area contributed by atoms with Crippen molar-refractivity contribution in [1.82, 2.24) is 0 Å². The van der Waals surface area contributed by atoms with E-state index in [0.717, 1.165) is 15.3 Å². The van der Waals surface area contributed by atoms with Gasteiger partial charge in [-0.05, 0) is 0 Å². The van der Waals surface area contributed by atoms with Gasteiger partial charge in [0.25, 0.3) is 0 Å². The van der Waals surface area contributed by atoms with Crippen molar-refractivity contribution in [3.8, 4) is 0 Å². The van der Waals surface area contributed by atoms with Gasteiger partial charge in [-0.15, -0.1) is 0 Å². The number of carbonyl (C=O) groups is 2. The molecule has 96 valence electrons. The molecule has 0 fully saturated rings. The van der Waals surface area contributed by atoms with Crippen LogP contribution in [0.25, 0.3) is 0 Å². The summed E-state index contributed by atoms with van der Waals surface area (Å²) in [5.74, 6) is 0. The molecule has 19 heavy (non-hydrogen) atoms. The molecular weight excluding hydrogens is 370 g/mol. The number of hydrogen-bond donors (Lipinski definition) is 0. The molecular formula is C15H12O2Se2. The van der Waals surface area contributed by atoms with Gasteiger partial charge in [-0.3, -0.25) is 0 Å². The van der Waals surface area contributed by atoms with Gasteiger partial charge in [0.1, 0.15) is 0 Å². The van der Waals surface area contributed by atoms with E-state index in [9.17, 15) is 9.59 Å². The van der Waals surface area contributed by atoms with Crippen molar-refractivity contribution in [2.75, 3.05) is 0 Å². The van der Waals surface area contributed by atoms with Crippen molar-refractivity contribution in [2.24, 2.45) is 0 Å². The van der Waals surface area contributed by atoms with E-state index in [1.54, 1.807) is 0 Å². The number of benzene rings is 2. The zero-order valence-corrected chi connectivity index (χ0v) is 13.5. The molecule has 2 aromatic rings. The van der Waals surface area contributed by atoms with E-state index in [4.69, 9.17) is 0 Å². The Morgan fingerprint density at radius 2 is 1.05 bits per heavy atom. The summed E-state index contributed by atoms with van der Waals surface area (Å²) in [7, 11) is 0. The third-order valence-electron chi connectivity index (χ3n) is 2.40. The second-order valence-corrected chi connectivity index (χ2v) is 9.54. The second kappa shape index (κ2) is 7.42. The Morgan fingerprint density at radius 3 is 1.42 bits per heavy atom. The van der Waals surface area contributed by atoms with E-state index in [1.165, 1.54) is 0 Å². The molecule has 2 rings (SSSR count). The molecule has 2 aromatic carbocycles. The van der Waals surface area contributed by atoms with Crippen LogP contribution in [0.2, 0.25) is 4.22 Å². The van der Waals surface area contributed by atoms with Gasteiger partial charge in [0.2, 0.25) is 0 Å². The van der Waals surface area contributed by atoms with E-state index in [1.807, 2.05) is 60.7 Å². The van der Waals surface area contributed by atoms with E-state index >= 15 is 0 Å². The normalized spacial score (nSPS) is 10.1. The first-order valence-electron chi connectivity index (χ1n) is 5.72. The molecule has 0 aromatic heterocycles. The molecule has 0 amide bonds. The van der Waals surface area contributed by atoms with Crippen LogP contribution in [0.15, 0.2) is 60.7 Å². The summed E-state index contributed by atoms with van der Waals surface area (Å²) < 4.78 is 1.08. The number of hydrogen-bond acceptors (Lipinski definition) is 2. The summed E-state index contributed by atoms with van der Waals surface area (Å²) in [6, 6.07) is 18.6. The molecule has 0 N–H and O–H groups in total. The number of rotatable bonds is 6. The first-order chi connectivity index (χ1) is 9.27. The monoisotopic (exact) mass is 384 g/mol. The van der Waals surface area contributed by atoms with Crippen LogP contribution in [-0.4, -0.2) is 39.3 Å². The molecule has 2 nitrogen and oxygen atoms in total. The van der Waals surface area contributed by atoms with Crippen LogP contribution in [-0.2, 0) is 0 Å². The molecule has 0 aliphatic heterocycles. The van der Waals surface area contributed by atoms with Gasteiger partial charge in [-0.1, -0.05) is 0 Å². The van der Waals surface area contributed by atoms with Gasteiger partial charge in [0.15, 0.2) is 0 Å². The maximum atomic E-state index is 11.9. The van der Waals surface area contributed by atoms with Crippen LogP contribution >= 0.6 is 0 Å². The third kappa shape index (κ3) is 4.45. The molecule has 0 radical (unpaired) electrons. The van der Waals surface area contributed by atoms with Crippen LogP contribution < -0.4 is 0 Å².